The highest BCUT2D eigenvalue weighted by Gasteiger charge is 2.11. The molecular weight excluding hydrogens is 304 g/mol. The average Bonchev–Trinajstić information content (AvgIpc) is 2.40. The summed E-state index contributed by atoms with van der Waals surface area (Å²) in [5, 5.41) is 12.4. The number of rotatable bonds is 8. The first-order valence-corrected chi connectivity index (χ1v) is 7.81. The Kier molecular flexibility index (Phi) is 7.42. The lowest BCUT2D eigenvalue weighted by Gasteiger charge is -2.24. The van der Waals surface area contributed by atoms with Gasteiger partial charge in [0.2, 0.25) is 0 Å². The van der Waals surface area contributed by atoms with Gasteiger partial charge in [-0.3, -0.25) is 0 Å². The zero-order valence-electron chi connectivity index (χ0n) is 12.1. The van der Waals surface area contributed by atoms with Crippen LogP contribution in [-0.2, 0) is 0 Å². The Hall–Kier alpha value is -0.580. The van der Waals surface area contributed by atoms with Gasteiger partial charge in [-0.2, -0.15) is 0 Å². The number of aliphatic hydroxyl groups is 1. The number of aliphatic hydroxyl groups excluding tert-OH is 1. The Morgan fingerprint density at radius 1 is 1.37 bits per heavy atom. The molecule has 0 heterocycles. The van der Waals surface area contributed by atoms with E-state index in [0.29, 0.717) is 6.04 Å². The van der Waals surface area contributed by atoms with E-state index in [1.165, 1.54) is 11.3 Å². The smallest absolute Gasteiger partial charge is 0.0447 e. The molecule has 0 aromatic heterocycles. The van der Waals surface area contributed by atoms with Crippen LogP contribution in [0.2, 0.25) is 0 Å². The highest BCUT2D eigenvalue weighted by atomic mass is 79.9. The Morgan fingerprint density at radius 2 is 2.11 bits per heavy atom. The highest BCUT2D eigenvalue weighted by molar-refractivity contribution is 9.10. The zero-order chi connectivity index (χ0) is 14.3. The lowest BCUT2D eigenvalue weighted by atomic mass is 10.1. The molecule has 1 atom stereocenters. The molecule has 0 spiro atoms. The van der Waals surface area contributed by atoms with Crippen LogP contribution in [-0.4, -0.2) is 31.3 Å². The van der Waals surface area contributed by atoms with E-state index in [0.717, 1.165) is 30.5 Å². The average molecular weight is 329 g/mol. The summed E-state index contributed by atoms with van der Waals surface area (Å²) in [6.07, 6.45) is 0.807. The second-order valence-corrected chi connectivity index (χ2v) is 5.50. The molecule has 1 unspecified atom stereocenters. The fourth-order valence-corrected chi connectivity index (χ4v) is 2.92. The minimum Gasteiger partial charge on any atom is -0.396 e. The quantitative estimate of drug-likeness (QED) is 0.768. The Labute approximate surface area is 125 Å². The van der Waals surface area contributed by atoms with Crippen LogP contribution in [0.4, 0.5) is 5.69 Å². The van der Waals surface area contributed by atoms with Crippen LogP contribution in [0.3, 0.4) is 0 Å². The summed E-state index contributed by atoms with van der Waals surface area (Å²) in [4.78, 5) is 2.28. The molecule has 19 heavy (non-hydrogen) atoms. The maximum Gasteiger partial charge on any atom is 0.0447 e. The molecule has 2 N–H and O–H groups in total. The van der Waals surface area contributed by atoms with Crippen molar-refractivity contribution in [1.82, 2.24) is 5.32 Å². The summed E-state index contributed by atoms with van der Waals surface area (Å²) < 4.78 is 1.14. The minimum absolute atomic E-state index is 0.243. The van der Waals surface area contributed by atoms with E-state index >= 15 is 0 Å². The van der Waals surface area contributed by atoms with Gasteiger partial charge in [0.05, 0.1) is 0 Å². The predicted octanol–water partition coefficient (Wildman–Crippen LogP) is 3.33. The van der Waals surface area contributed by atoms with E-state index in [4.69, 9.17) is 5.11 Å². The molecule has 0 amide bonds. The molecule has 0 radical (unpaired) electrons. The molecule has 0 saturated carbocycles. The monoisotopic (exact) mass is 328 g/mol. The third-order valence-electron chi connectivity index (χ3n) is 3.29. The van der Waals surface area contributed by atoms with E-state index in [1.54, 1.807) is 0 Å². The Morgan fingerprint density at radius 3 is 2.63 bits per heavy atom. The highest BCUT2D eigenvalue weighted by Crippen LogP contribution is 2.28. The first kappa shape index (κ1) is 16.5. The molecule has 3 nitrogen and oxygen atoms in total. The lowest BCUT2D eigenvalue weighted by Crippen LogP contribution is -2.25. The lowest BCUT2D eigenvalue weighted by molar-refractivity contribution is 0.289. The summed E-state index contributed by atoms with van der Waals surface area (Å²) in [5.74, 6) is 0. The second kappa shape index (κ2) is 8.56. The van der Waals surface area contributed by atoms with Gasteiger partial charge in [0.25, 0.3) is 0 Å². The maximum atomic E-state index is 8.94. The van der Waals surface area contributed by atoms with Crippen LogP contribution >= 0.6 is 15.9 Å². The fraction of sp³-hybridized carbons (Fsp3) is 0.600. The van der Waals surface area contributed by atoms with E-state index in [-0.39, 0.29) is 6.61 Å². The van der Waals surface area contributed by atoms with Crippen molar-refractivity contribution >= 4 is 21.6 Å². The van der Waals surface area contributed by atoms with Crippen LogP contribution < -0.4 is 10.2 Å². The molecule has 0 bridgehead atoms. The second-order valence-electron chi connectivity index (χ2n) is 4.64. The molecule has 108 valence electrons. The minimum atomic E-state index is 0.243. The largest absolute Gasteiger partial charge is 0.396 e. The molecule has 4 heteroatoms. The molecule has 1 aromatic rings. The van der Waals surface area contributed by atoms with Crippen molar-refractivity contribution in [2.24, 2.45) is 0 Å². The van der Waals surface area contributed by atoms with E-state index in [2.05, 4.69) is 65.1 Å². The molecule has 0 fully saturated rings. The molecule has 0 saturated heterocycles. The van der Waals surface area contributed by atoms with Gasteiger partial charge in [-0.15, -0.1) is 0 Å². The van der Waals surface area contributed by atoms with Gasteiger partial charge < -0.3 is 15.3 Å². The van der Waals surface area contributed by atoms with E-state index in [1.807, 2.05) is 0 Å². The molecule has 1 aromatic carbocycles. The van der Waals surface area contributed by atoms with E-state index < -0.39 is 0 Å². The topological polar surface area (TPSA) is 35.5 Å². The molecule has 0 aliphatic carbocycles. The van der Waals surface area contributed by atoms with Crippen molar-refractivity contribution in [2.45, 2.75) is 33.2 Å². The third kappa shape index (κ3) is 4.79. The van der Waals surface area contributed by atoms with Crippen molar-refractivity contribution in [2.75, 3.05) is 31.1 Å². The Balaban J connectivity index is 2.85. The van der Waals surface area contributed by atoms with Crippen LogP contribution in [0.5, 0.6) is 0 Å². The summed E-state index contributed by atoms with van der Waals surface area (Å²) >= 11 is 3.67. The van der Waals surface area contributed by atoms with Crippen molar-refractivity contribution in [3.8, 4) is 0 Å². The number of hydrogen-bond donors (Lipinski definition) is 2. The predicted molar refractivity (Wildman–Crippen MR) is 85.8 cm³/mol. The van der Waals surface area contributed by atoms with Gasteiger partial charge in [0, 0.05) is 35.9 Å². The fourth-order valence-electron chi connectivity index (χ4n) is 2.21. The van der Waals surface area contributed by atoms with Crippen LogP contribution in [0.15, 0.2) is 22.7 Å². The van der Waals surface area contributed by atoms with Gasteiger partial charge >= 0.3 is 0 Å². The first-order chi connectivity index (χ1) is 9.13. The molecule has 0 aliphatic heterocycles. The molecule has 1 rings (SSSR count). The van der Waals surface area contributed by atoms with Crippen LogP contribution in [0.25, 0.3) is 0 Å². The number of anilines is 1. The summed E-state index contributed by atoms with van der Waals surface area (Å²) in [6.45, 7) is 9.48. The number of nitrogens with one attached hydrogen (secondary N) is 1. The number of benzene rings is 1. The first-order valence-electron chi connectivity index (χ1n) is 7.02. The zero-order valence-corrected chi connectivity index (χ0v) is 13.7. The van der Waals surface area contributed by atoms with Crippen molar-refractivity contribution < 1.29 is 5.11 Å². The van der Waals surface area contributed by atoms with Gasteiger partial charge in [-0.1, -0.05) is 28.9 Å². The number of nitrogens with zero attached hydrogens (tertiary/aromatic N) is 1. The molecule has 0 aliphatic rings. The summed E-state index contributed by atoms with van der Waals surface area (Å²) in [7, 11) is 0. The van der Waals surface area contributed by atoms with Crippen molar-refractivity contribution in [3.63, 3.8) is 0 Å². The number of hydrogen-bond acceptors (Lipinski definition) is 3. The van der Waals surface area contributed by atoms with Crippen molar-refractivity contribution in [3.05, 3.63) is 28.2 Å². The van der Waals surface area contributed by atoms with Crippen molar-refractivity contribution in [1.29, 1.82) is 0 Å². The normalized spacial score (nSPS) is 12.5. The van der Waals surface area contributed by atoms with Gasteiger partial charge in [0.15, 0.2) is 0 Å². The third-order valence-corrected chi connectivity index (χ3v) is 3.98. The van der Waals surface area contributed by atoms with E-state index in [9.17, 15) is 0 Å². The van der Waals surface area contributed by atoms with Gasteiger partial charge in [-0.25, -0.2) is 0 Å². The molecular formula is C15H25BrN2O. The Bertz CT molecular complexity index is 384. The van der Waals surface area contributed by atoms with Crippen LogP contribution in [0.1, 0.15) is 38.8 Å². The maximum absolute atomic E-state index is 8.94. The van der Waals surface area contributed by atoms with Gasteiger partial charge in [0.1, 0.15) is 0 Å². The van der Waals surface area contributed by atoms with Gasteiger partial charge in [-0.05, 0) is 44.5 Å². The SMILES string of the molecule is CCNC(C)c1ccc(N(CC)CCCO)cc1Br. The number of halogens is 1. The van der Waals surface area contributed by atoms with Crippen LogP contribution in [0, 0.1) is 0 Å². The standard InChI is InChI=1S/C15H25BrN2O/c1-4-17-12(3)14-8-7-13(11-15(14)16)18(5-2)9-6-10-19/h7-8,11-12,17,19H,4-6,9-10H2,1-3H3. The summed E-state index contributed by atoms with van der Waals surface area (Å²) in [6, 6.07) is 6.86. The summed E-state index contributed by atoms with van der Waals surface area (Å²) in [5.41, 5.74) is 2.49.